The SMILES string of the molecule is COc1ccc(/C=C2\SC(=S)N(CCCCCC(=O)O)C2=O)cc1. The third-order valence-electron chi connectivity index (χ3n) is 3.56. The van der Waals surface area contributed by atoms with E-state index in [1.165, 1.54) is 11.8 Å². The fourth-order valence-electron chi connectivity index (χ4n) is 2.27. The highest BCUT2D eigenvalue weighted by molar-refractivity contribution is 8.26. The Hall–Kier alpha value is -1.86. The van der Waals surface area contributed by atoms with Crippen LogP contribution in [0.4, 0.5) is 0 Å². The fourth-order valence-corrected chi connectivity index (χ4v) is 3.58. The van der Waals surface area contributed by atoms with E-state index in [9.17, 15) is 9.59 Å². The smallest absolute Gasteiger partial charge is 0.303 e. The van der Waals surface area contributed by atoms with Crippen LogP contribution in [0.2, 0.25) is 0 Å². The zero-order valence-corrected chi connectivity index (χ0v) is 15.0. The van der Waals surface area contributed by atoms with Crippen LogP contribution in [0.1, 0.15) is 31.2 Å². The lowest BCUT2D eigenvalue weighted by atomic mass is 10.2. The molecular formula is C17H19NO4S2. The van der Waals surface area contributed by atoms with Gasteiger partial charge in [0.2, 0.25) is 0 Å². The Morgan fingerprint density at radius 3 is 2.62 bits per heavy atom. The summed E-state index contributed by atoms with van der Waals surface area (Å²) in [7, 11) is 1.61. The molecule has 128 valence electrons. The van der Waals surface area contributed by atoms with Gasteiger partial charge in [-0.25, -0.2) is 0 Å². The average molecular weight is 365 g/mol. The van der Waals surface area contributed by atoms with E-state index >= 15 is 0 Å². The maximum absolute atomic E-state index is 12.4. The van der Waals surface area contributed by atoms with Crippen LogP contribution in [0.3, 0.4) is 0 Å². The van der Waals surface area contributed by atoms with Crippen molar-refractivity contribution in [1.29, 1.82) is 0 Å². The molecular weight excluding hydrogens is 346 g/mol. The van der Waals surface area contributed by atoms with Gasteiger partial charge in [0.25, 0.3) is 5.91 Å². The third-order valence-corrected chi connectivity index (χ3v) is 4.94. The van der Waals surface area contributed by atoms with Gasteiger partial charge in [0.05, 0.1) is 12.0 Å². The first-order valence-electron chi connectivity index (χ1n) is 7.62. The monoisotopic (exact) mass is 365 g/mol. The molecule has 1 aliphatic rings. The van der Waals surface area contributed by atoms with Crippen LogP contribution < -0.4 is 4.74 Å². The normalized spacial score (nSPS) is 16.0. The number of hydrogen-bond donors (Lipinski definition) is 1. The fraction of sp³-hybridized carbons (Fsp3) is 0.353. The number of thiocarbonyl (C=S) groups is 1. The second kappa shape index (κ2) is 8.84. The predicted octanol–water partition coefficient (Wildman–Crippen LogP) is 3.54. The highest BCUT2D eigenvalue weighted by Gasteiger charge is 2.31. The molecule has 1 amide bonds. The standard InChI is InChI=1S/C17H19NO4S2/c1-22-13-8-6-12(7-9-13)11-14-16(21)18(17(23)24-14)10-4-2-3-5-15(19)20/h6-9,11H,2-5,10H2,1H3,(H,19,20)/b14-11-. The number of ether oxygens (including phenoxy) is 1. The topological polar surface area (TPSA) is 66.8 Å². The number of nitrogens with zero attached hydrogens (tertiary/aromatic N) is 1. The summed E-state index contributed by atoms with van der Waals surface area (Å²) in [4.78, 5) is 25.1. The molecule has 1 N–H and O–H groups in total. The summed E-state index contributed by atoms with van der Waals surface area (Å²) < 4.78 is 5.67. The van der Waals surface area contributed by atoms with Crippen molar-refractivity contribution in [3.8, 4) is 5.75 Å². The van der Waals surface area contributed by atoms with Gasteiger partial charge in [0.1, 0.15) is 10.1 Å². The van der Waals surface area contributed by atoms with E-state index in [2.05, 4.69) is 0 Å². The number of benzene rings is 1. The van der Waals surface area contributed by atoms with Crippen LogP contribution in [0.5, 0.6) is 5.75 Å². The lowest BCUT2D eigenvalue weighted by Crippen LogP contribution is -2.29. The van der Waals surface area contributed by atoms with Gasteiger partial charge in [0, 0.05) is 13.0 Å². The molecule has 0 unspecified atom stereocenters. The molecule has 7 heteroatoms. The number of carboxylic acid groups (broad SMARTS) is 1. The summed E-state index contributed by atoms with van der Waals surface area (Å²) >= 11 is 6.58. The number of amides is 1. The van der Waals surface area contributed by atoms with Gasteiger partial charge in [-0.2, -0.15) is 0 Å². The maximum Gasteiger partial charge on any atom is 0.303 e. The van der Waals surface area contributed by atoms with Gasteiger partial charge < -0.3 is 9.84 Å². The molecule has 0 aromatic heterocycles. The second-order valence-electron chi connectivity index (χ2n) is 5.31. The molecule has 2 rings (SSSR count). The Balaban J connectivity index is 1.92. The Bertz CT molecular complexity index is 655. The molecule has 0 aliphatic carbocycles. The van der Waals surface area contributed by atoms with Crippen molar-refractivity contribution in [2.45, 2.75) is 25.7 Å². The van der Waals surface area contributed by atoms with E-state index in [0.717, 1.165) is 24.2 Å². The predicted molar refractivity (Wildman–Crippen MR) is 99.0 cm³/mol. The number of carbonyl (C=O) groups excluding carboxylic acids is 1. The van der Waals surface area contributed by atoms with Crippen molar-refractivity contribution in [3.05, 3.63) is 34.7 Å². The molecule has 0 spiro atoms. The average Bonchev–Trinajstić information content (AvgIpc) is 2.82. The largest absolute Gasteiger partial charge is 0.497 e. The first-order valence-corrected chi connectivity index (χ1v) is 8.85. The molecule has 0 atom stereocenters. The number of carboxylic acids is 1. The van der Waals surface area contributed by atoms with Crippen LogP contribution in [0, 0.1) is 0 Å². The lowest BCUT2D eigenvalue weighted by Gasteiger charge is -2.13. The van der Waals surface area contributed by atoms with Crippen LogP contribution in [0.15, 0.2) is 29.2 Å². The lowest BCUT2D eigenvalue weighted by molar-refractivity contribution is -0.137. The number of rotatable bonds is 8. The molecule has 1 aromatic carbocycles. The summed E-state index contributed by atoms with van der Waals surface area (Å²) in [6.45, 7) is 0.532. The molecule has 1 saturated heterocycles. The Labute approximate surface area is 150 Å². The zero-order chi connectivity index (χ0) is 17.5. The van der Waals surface area contributed by atoms with E-state index in [1.54, 1.807) is 12.0 Å². The van der Waals surface area contributed by atoms with Crippen molar-refractivity contribution < 1.29 is 19.4 Å². The first kappa shape index (κ1) is 18.5. The van der Waals surface area contributed by atoms with Gasteiger partial charge in [-0.15, -0.1) is 0 Å². The summed E-state index contributed by atoms with van der Waals surface area (Å²) in [5.74, 6) is -0.108. The van der Waals surface area contributed by atoms with Gasteiger partial charge in [-0.1, -0.05) is 42.5 Å². The van der Waals surface area contributed by atoms with E-state index in [0.29, 0.717) is 22.2 Å². The Kier molecular flexibility index (Phi) is 6.81. The molecule has 0 bridgehead atoms. The number of thioether (sulfide) groups is 1. The van der Waals surface area contributed by atoms with Crippen molar-refractivity contribution in [3.63, 3.8) is 0 Å². The summed E-state index contributed by atoms with van der Waals surface area (Å²) in [5, 5.41) is 8.61. The molecule has 1 heterocycles. The number of carbonyl (C=O) groups is 2. The van der Waals surface area contributed by atoms with E-state index in [4.69, 9.17) is 22.1 Å². The number of methoxy groups -OCH3 is 1. The van der Waals surface area contributed by atoms with Crippen LogP contribution in [-0.2, 0) is 9.59 Å². The molecule has 1 aliphatic heterocycles. The van der Waals surface area contributed by atoms with Crippen molar-refractivity contribution in [2.24, 2.45) is 0 Å². The molecule has 5 nitrogen and oxygen atoms in total. The molecule has 1 fully saturated rings. The maximum atomic E-state index is 12.4. The number of hydrogen-bond acceptors (Lipinski definition) is 5. The van der Waals surface area contributed by atoms with Gasteiger partial charge >= 0.3 is 5.97 Å². The zero-order valence-electron chi connectivity index (χ0n) is 13.4. The molecule has 0 radical (unpaired) electrons. The highest BCUT2D eigenvalue weighted by Crippen LogP contribution is 2.33. The van der Waals surface area contributed by atoms with E-state index in [-0.39, 0.29) is 12.3 Å². The van der Waals surface area contributed by atoms with Crippen LogP contribution in [-0.4, -0.2) is 39.9 Å². The minimum atomic E-state index is -0.789. The highest BCUT2D eigenvalue weighted by atomic mass is 32.2. The summed E-state index contributed by atoms with van der Waals surface area (Å²) in [6.07, 6.45) is 4.11. The Morgan fingerprint density at radius 1 is 1.29 bits per heavy atom. The Morgan fingerprint density at radius 2 is 2.00 bits per heavy atom. The summed E-state index contributed by atoms with van der Waals surface area (Å²) in [5.41, 5.74) is 0.915. The van der Waals surface area contributed by atoms with Crippen LogP contribution in [0.25, 0.3) is 6.08 Å². The number of unbranched alkanes of at least 4 members (excludes halogenated alkanes) is 2. The van der Waals surface area contributed by atoms with Gasteiger partial charge in [-0.3, -0.25) is 14.5 Å². The van der Waals surface area contributed by atoms with E-state index < -0.39 is 5.97 Å². The number of aliphatic carboxylic acids is 1. The summed E-state index contributed by atoms with van der Waals surface area (Å²) in [6, 6.07) is 7.46. The minimum absolute atomic E-state index is 0.0842. The first-order chi connectivity index (χ1) is 11.5. The van der Waals surface area contributed by atoms with Gasteiger partial charge in [0.15, 0.2) is 0 Å². The molecule has 24 heavy (non-hydrogen) atoms. The van der Waals surface area contributed by atoms with Crippen molar-refractivity contribution in [2.75, 3.05) is 13.7 Å². The van der Waals surface area contributed by atoms with Crippen molar-refractivity contribution >= 4 is 46.3 Å². The third kappa shape index (κ3) is 5.07. The second-order valence-corrected chi connectivity index (χ2v) is 6.99. The van der Waals surface area contributed by atoms with Crippen molar-refractivity contribution in [1.82, 2.24) is 4.90 Å². The van der Waals surface area contributed by atoms with Gasteiger partial charge in [-0.05, 0) is 36.6 Å². The van der Waals surface area contributed by atoms with E-state index in [1.807, 2.05) is 30.3 Å². The van der Waals surface area contributed by atoms with Crippen LogP contribution >= 0.6 is 24.0 Å². The minimum Gasteiger partial charge on any atom is -0.497 e. The molecule has 1 aromatic rings. The quantitative estimate of drug-likeness (QED) is 0.432. The molecule has 0 saturated carbocycles.